The summed E-state index contributed by atoms with van der Waals surface area (Å²) in [6, 6.07) is 3.33. The van der Waals surface area contributed by atoms with Crippen LogP contribution in [0.3, 0.4) is 0 Å². The number of nitro benzene ring substituents is 1. The van der Waals surface area contributed by atoms with Crippen LogP contribution in [0, 0.1) is 10.1 Å². The molecule has 1 unspecified atom stereocenters. The van der Waals surface area contributed by atoms with Gasteiger partial charge in [0, 0.05) is 12.1 Å². The number of nitrogens with zero attached hydrogens (tertiary/aromatic N) is 1. The minimum atomic E-state index is -5.25. The molecule has 1 aromatic carbocycles. The Hall–Kier alpha value is -2.73. The third-order valence-corrected chi connectivity index (χ3v) is 2.96. The molecule has 0 fully saturated rings. The molecule has 12 heteroatoms. The van der Waals surface area contributed by atoms with Gasteiger partial charge in [-0.15, -0.1) is 0 Å². The number of nitro groups is 1. The van der Waals surface area contributed by atoms with Crippen molar-refractivity contribution in [2.24, 2.45) is 5.73 Å². The molecule has 0 aliphatic rings. The first-order valence-electron chi connectivity index (χ1n) is 6.64. The number of carbonyl (C=O) groups is 2. The molecule has 3 N–H and O–H groups in total. The van der Waals surface area contributed by atoms with Gasteiger partial charge in [-0.1, -0.05) is 12.1 Å². The van der Waals surface area contributed by atoms with Crippen LogP contribution in [-0.2, 0) is 19.1 Å². The molecular formula is C13H14F3N3O6. The van der Waals surface area contributed by atoms with Crippen molar-refractivity contribution in [3.63, 3.8) is 0 Å². The fraction of sp³-hybridized carbons (Fsp3) is 0.385. The van der Waals surface area contributed by atoms with Crippen molar-refractivity contribution in [1.82, 2.24) is 5.32 Å². The van der Waals surface area contributed by atoms with Crippen LogP contribution in [0.5, 0.6) is 0 Å². The topological polar surface area (TPSA) is 134 Å². The Bertz CT molecular complexity index is 635. The number of non-ortho nitro benzene ring substituents is 1. The number of halogens is 3. The summed E-state index contributed by atoms with van der Waals surface area (Å²) in [5.41, 5.74) is 5.38. The van der Waals surface area contributed by atoms with E-state index in [-0.39, 0.29) is 11.3 Å². The van der Waals surface area contributed by atoms with Crippen molar-refractivity contribution in [3.05, 3.63) is 39.9 Å². The van der Waals surface area contributed by atoms with Crippen LogP contribution in [0.25, 0.3) is 0 Å². The van der Waals surface area contributed by atoms with E-state index in [0.29, 0.717) is 0 Å². The number of methoxy groups -OCH3 is 1. The largest absolute Gasteiger partial charge is 0.490 e. The van der Waals surface area contributed by atoms with E-state index in [1.54, 1.807) is 0 Å². The summed E-state index contributed by atoms with van der Waals surface area (Å²) >= 11 is 0. The van der Waals surface area contributed by atoms with Crippen LogP contribution in [-0.4, -0.2) is 42.9 Å². The number of nitrogens with one attached hydrogen (secondary N) is 1. The van der Waals surface area contributed by atoms with Gasteiger partial charge >= 0.3 is 18.1 Å². The number of hydrogen-bond acceptors (Lipinski definition) is 8. The minimum absolute atomic E-state index is 0.164. The maximum atomic E-state index is 12.3. The van der Waals surface area contributed by atoms with Crippen molar-refractivity contribution in [2.75, 3.05) is 13.7 Å². The van der Waals surface area contributed by atoms with E-state index in [4.69, 9.17) is 5.73 Å². The van der Waals surface area contributed by atoms with Crippen LogP contribution in [0.1, 0.15) is 11.6 Å². The van der Waals surface area contributed by atoms with E-state index >= 15 is 0 Å². The van der Waals surface area contributed by atoms with Gasteiger partial charge in [-0.3, -0.25) is 26.0 Å². The lowest BCUT2D eigenvalue weighted by atomic mass is 10.0. The first-order chi connectivity index (χ1) is 11.6. The van der Waals surface area contributed by atoms with E-state index in [9.17, 15) is 32.9 Å². The predicted molar refractivity (Wildman–Crippen MR) is 76.0 cm³/mol. The average molecular weight is 365 g/mol. The number of alkyl halides is 3. The second kappa shape index (κ2) is 8.39. The molecule has 0 bridgehead atoms. The standard InChI is InChI=1S/C13H14F3N3O6/c1-24-9(20)6-18-10(11(17)25-12(21)13(14,15)16)7-2-4-8(5-3-7)19(22)23/h2-5,10-11,18H,6,17H2,1H3/t10-,11?/m0/s1. The van der Waals surface area contributed by atoms with Gasteiger partial charge in [0.05, 0.1) is 24.6 Å². The lowest BCUT2D eigenvalue weighted by Gasteiger charge is -2.25. The van der Waals surface area contributed by atoms with E-state index in [1.807, 2.05) is 0 Å². The highest BCUT2D eigenvalue weighted by Crippen LogP contribution is 2.23. The van der Waals surface area contributed by atoms with E-state index in [1.165, 1.54) is 12.1 Å². The van der Waals surface area contributed by atoms with Gasteiger partial charge in [0.25, 0.3) is 5.69 Å². The molecule has 0 radical (unpaired) electrons. The van der Waals surface area contributed by atoms with E-state index in [0.717, 1.165) is 19.2 Å². The van der Waals surface area contributed by atoms with Crippen molar-refractivity contribution >= 4 is 17.6 Å². The summed E-state index contributed by atoms with van der Waals surface area (Å²) in [5.74, 6) is -3.26. The molecule has 0 aromatic heterocycles. The number of esters is 2. The van der Waals surface area contributed by atoms with Gasteiger partial charge in [-0.25, -0.2) is 4.79 Å². The van der Waals surface area contributed by atoms with Gasteiger partial charge in [-0.05, 0) is 5.56 Å². The van der Waals surface area contributed by atoms with Gasteiger partial charge in [0.2, 0.25) is 0 Å². The monoisotopic (exact) mass is 365 g/mol. The zero-order chi connectivity index (χ0) is 19.2. The number of carbonyl (C=O) groups excluding carboxylic acids is 2. The van der Waals surface area contributed by atoms with Crippen LogP contribution < -0.4 is 11.1 Å². The van der Waals surface area contributed by atoms with E-state index in [2.05, 4.69) is 14.8 Å². The lowest BCUT2D eigenvalue weighted by molar-refractivity contribution is -0.384. The molecule has 25 heavy (non-hydrogen) atoms. The highest BCUT2D eigenvalue weighted by Gasteiger charge is 2.43. The summed E-state index contributed by atoms with van der Waals surface area (Å²) in [7, 11) is 1.09. The molecule has 0 saturated heterocycles. The zero-order valence-electron chi connectivity index (χ0n) is 12.8. The Balaban J connectivity index is 3.00. The molecule has 138 valence electrons. The Morgan fingerprint density at radius 1 is 1.32 bits per heavy atom. The van der Waals surface area contributed by atoms with Crippen LogP contribution in [0.15, 0.2) is 24.3 Å². The van der Waals surface area contributed by atoms with Crippen molar-refractivity contribution in [1.29, 1.82) is 0 Å². The summed E-state index contributed by atoms with van der Waals surface area (Å²) in [6.07, 6.45) is -7.07. The van der Waals surface area contributed by atoms with Crippen molar-refractivity contribution in [2.45, 2.75) is 18.4 Å². The second-order valence-electron chi connectivity index (χ2n) is 4.65. The Morgan fingerprint density at radius 3 is 2.32 bits per heavy atom. The van der Waals surface area contributed by atoms with Crippen LogP contribution in [0.4, 0.5) is 18.9 Å². The third kappa shape index (κ3) is 6.00. The molecular weight excluding hydrogens is 351 g/mol. The summed E-state index contributed by atoms with van der Waals surface area (Å²) in [4.78, 5) is 32.1. The smallest absolute Gasteiger partial charge is 0.468 e. The Kier molecular flexibility index (Phi) is 6.82. The van der Waals surface area contributed by atoms with Crippen molar-refractivity contribution in [3.8, 4) is 0 Å². The fourth-order valence-electron chi connectivity index (χ4n) is 1.75. The molecule has 0 aliphatic carbocycles. The Morgan fingerprint density at radius 2 is 1.88 bits per heavy atom. The lowest BCUT2D eigenvalue weighted by Crippen LogP contribution is -2.45. The van der Waals surface area contributed by atoms with Crippen molar-refractivity contribution < 1.29 is 37.2 Å². The predicted octanol–water partition coefficient (Wildman–Crippen LogP) is 0.789. The Labute approximate surface area is 139 Å². The molecule has 1 rings (SSSR count). The SMILES string of the molecule is COC(=O)CN[C@@H](c1ccc([N+](=O)[O-])cc1)C(N)OC(=O)C(F)(F)F. The number of rotatable bonds is 7. The van der Waals surface area contributed by atoms with Gasteiger partial charge in [0.1, 0.15) is 0 Å². The quantitative estimate of drug-likeness (QED) is 0.313. The normalized spacial score (nSPS) is 13.6. The third-order valence-electron chi connectivity index (χ3n) is 2.96. The molecule has 0 spiro atoms. The summed E-state index contributed by atoms with van der Waals surface area (Å²) in [5, 5.41) is 13.1. The second-order valence-corrected chi connectivity index (χ2v) is 4.65. The molecule has 0 amide bonds. The highest BCUT2D eigenvalue weighted by atomic mass is 19.4. The number of benzene rings is 1. The maximum Gasteiger partial charge on any atom is 0.490 e. The molecule has 2 atom stereocenters. The highest BCUT2D eigenvalue weighted by molar-refractivity contribution is 5.75. The van der Waals surface area contributed by atoms with Gasteiger partial charge in [-0.2, -0.15) is 13.2 Å². The molecule has 9 nitrogen and oxygen atoms in total. The molecule has 0 aliphatic heterocycles. The first-order valence-corrected chi connectivity index (χ1v) is 6.64. The fourth-order valence-corrected chi connectivity index (χ4v) is 1.75. The number of ether oxygens (including phenoxy) is 2. The molecule has 0 heterocycles. The average Bonchev–Trinajstić information content (AvgIpc) is 2.54. The minimum Gasteiger partial charge on any atom is -0.468 e. The number of hydrogen-bond donors (Lipinski definition) is 2. The van der Waals surface area contributed by atoms with E-state index < -0.39 is 41.9 Å². The van der Waals surface area contributed by atoms with Gasteiger partial charge in [0.15, 0.2) is 6.23 Å². The maximum absolute atomic E-state index is 12.3. The molecule has 1 aromatic rings. The van der Waals surface area contributed by atoms with Crippen LogP contribution >= 0.6 is 0 Å². The summed E-state index contributed by atoms with van der Waals surface area (Å²) in [6.45, 7) is -0.449. The first kappa shape index (κ1) is 20.3. The van der Waals surface area contributed by atoms with Gasteiger partial charge < -0.3 is 9.47 Å². The number of nitrogens with two attached hydrogens (primary N) is 1. The van der Waals surface area contributed by atoms with Crippen LogP contribution in [0.2, 0.25) is 0 Å². The molecule has 0 saturated carbocycles. The summed E-state index contributed by atoms with van der Waals surface area (Å²) < 4.78 is 45.4. The zero-order valence-corrected chi connectivity index (χ0v) is 12.8.